The number of aromatic amines is 1. The van der Waals surface area contributed by atoms with Gasteiger partial charge in [0, 0.05) is 27.7 Å². The van der Waals surface area contributed by atoms with Gasteiger partial charge in [-0.25, -0.2) is 9.78 Å². The minimum absolute atomic E-state index is 0.154. The van der Waals surface area contributed by atoms with E-state index in [0.29, 0.717) is 5.02 Å². The number of hydrogen-bond acceptors (Lipinski definition) is 3. The van der Waals surface area contributed by atoms with Crippen molar-refractivity contribution in [1.82, 2.24) is 9.97 Å². The van der Waals surface area contributed by atoms with Gasteiger partial charge in [0.1, 0.15) is 10.7 Å². The summed E-state index contributed by atoms with van der Waals surface area (Å²) in [5.74, 6) is -0.982. The molecule has 0 fully saturated rings. The molecule has 0 aliphatic rings. The van der Waals surface area contributed by atoms with Crippen LogP contribution in [0.4, 0.5) is 0 Å². The van der Waals surface area contributed by atoms with Crippen LogP contribution in [0.5, 0.6) is 0 Å². The number of H-pyrrole nitrogens is 1. The summed E-state index contributed by atoms with van der Waals surface area (Å²) in [6, 6.07) is 9.02. The first kappa shape index (κ1) is 12.9. The lowest BCUT2D eigenvalue weighted by Gasteiger charge is -1.95. The number of benzene rings is 1. The van der Waals surface area contributed by atoms with Crippen LogP contribution in [0.15, 0.2) is 41.9 Å². The van der Waals surface area contributed by atoms with Gasteiger partial charge in [0.05, 0.1) is 5.69 Å². The van der Waals surface area contributed by atoms with Crippen LogP contribution in [-0.4, -0.2) is 21.0 Å². The first-order chi connectivity index (χ1) is 9.63. The van der Waals surface area contributed by atoms with Crippen molar-refractivity contribution in [3.63, 3.8) is 0 Å². The first-order valence-electron chi connectivity index (χ1n) is 5.77. The van der Waals surface area contributed by atoms with E-state index in [1.165, 1.54) is 11.3 Å². The fourth-order valence-electron chi connectivity index (χ4n) is 1.80. The van der Waals surface area contributed by atoms with Crippen molar-refractivity contribution >= 4 is 28.9 Å². The van der Waals surface area contributed by atoms with E-state index in [2.05, 4.69) is 9.97 Å². The molecule has 20 heavy (non-hydrogen) atoms. The second-order valence-corrected chi connectivity index (χ2v) is 5.45. The van der Waals surface area contributed by atoms with Crippen LogP contribution in [0.3, 0.4) is 0 Å². The average Bonchev–Trinajstić information content (AvgIpc) is 3.08. The van der Waals surface area contributed by atoms with E-state index in [1.54, 1.807) is 12.3 Å². The second kappa shape index (κ2) is 5.11. The summed E-state index contributed by atoms with van der Waals surface area (Å²) in [5, 5.41) is 12.3. The molecule has 0 atom stereocenters. The molecule has 0 saturated carbocycles. The summed E-state index contributed by atoms with van der Waals surface area (Å²) in [4.78, 5) is 18.1. The lowest BCUT2D eigenvalue weighted by atomic mass is 10.2. The zero-order chi connectivity index (χ0) is 14.1. The Kier molecular flexibility index (Phi) is 3.30. The number of thiazole rings is 1. The van der Waals surface area contributed by atoms with E-state index >= 15 is 0 Å². The summed E-state index contributed by atoms with van der Waals surface area (Å²) in [6.07, 6.45) is 1.64. The standard InChI is InChI=1S/C14H9ClN2O2S/c15-10-3-1-8(2-4-10)13-17-12(7-20-13)9-5-11(14(18)19)16-6-9/h1-7,16H,(H,18,19). The molecule has 0 radical (unpaired) electrons. The predicted molar refractivity (Wildman–Crippen MR) is 79.3 cm³/mol. The van der Waals surface area contributed by atoms with Crippen molar-refractivity contribution in [1.29, 1.82) is 0 Å². The molecule has 0 bridgehead atoms. The number of carboxylic acid groups (broad SMARTS) is 1. The molecule has 2 aromatic heterocycles. The Morgan fingerprint density at radius 1 is 1.25 bits per heavy atom. The average molecular weight is 305 g/mol. The molecule has 2 N–H and O–H groups in total. The SMILES string of the molecule is O=C(O)c1cc(-c2csc(-c3ccc(Cl)cc3)n2)c[nH]1. The van der Waals surface area contributed by atoms with E-state index < -0.39 is 5.97 Å². The van der Waals surface area contributed by atoms with Crippen molar-refractivity contribution in [3.8, 4) is 21.8 Å². The largest absolute Gasteiger partial charge is 0.477 e. The number of nitrogens with zero attached hydrogens (tertiary/aromatic N) is 1. The van der Waals surface area contributed by atoms with Crippen LogP contribution >= 0.6 is 22.9 Å². The maximum Gasteiger partial charge on any atom is 0.352 e. The van der Waals surface area contributed by atoms with Gasteiger partial charge in [-0.05, 0) is 18.2 Å². The third kappa shape index (κ3) is 2.45. The molecule has 0 saturated heterocycles. The molecule has 0 aliphatic heterocycles. The van der Waals surface area contributed by atoms with Gasteiger partial charge in [0.25, 0.3) is 0 Å². The van der Waals surface area contributed by atoms with Crippen LogP contribution < -0.4 is 0 Å². The van der Waals surface area contributed by atoms with E-state index in [0.717, 1.165) is 21.8 Å². The Morgan fingerprint density at radius 2 is 2.00 bits per heavy atom. The highest BCUT2D eigenvalue weighted by molar-refractivity contribution is 7.13. The molecular formula is C14H9ClN2O2S. The fourth-order valence-corrected chi connectivity index (χ4v) is 2.76. The molecule has 3 rings (SSSR count). The lowest BCUT2D eigenvalue weighted by molar-refractivity contribution is 0.0691. The van der Waals surface area contributed by atoms with Crippen LogP contribution in [0, 0.1) is 0 Å². The predicted octanol–water partition coefficient (Wildman–Crippen LogP) is 4.16. The molecule has 4 nitrogen and oxygen atoms in total. The number of nitrogens with one attached hydrogen (secondary N) is 1. The van der Waals surface area contributed by atoms with E-state index in [4.69, 9.17) is 16.7 Å². The maximum atomic E-state index is 10.8. The lowest BCUT2D eigenvalue weighted by Crippen LogP contribution is -1.94. The third-order valence-electron chi connectivity index (χ3n) is 2.80. The highest BCUT2D eigenvalue weighted by Gasteiger charge is 2.11. The van der Waals surface area contributed by atoms with Crippen molar-refractivity contribution in [2.45, 2.75) is 0 Å². The summed E-state index contributed by atoms with van der Waals surface area (Å²) in [7, 11) is 0. The van der Waals surface area contributed by atoms with E-state index in [9.17, 15) is 4.79 Å². The monoisotopic (exact) mass is 304 g/mol. The Hall–Kier alpha value is -2.11. The minimum atomic E-state index is -0.982. The number of aromatic nitrogens is 2. The normalized spacial score (nSPS) is 10.7. The zero-order valence-electron chi connectivity index (χ0n) is 10.1. The molecule has 1 aromatic carbocycles. The Labute approximate surface area is 123 Å². The number of carboxylic acids is 1. The third-order valence-corrected chi connectivity index (χ3v) is 3.95. The molecule has 0 spiro atoms. The molecule has 6 heteroatoms. The molecule has 0 amide bonds. The summed E-state index contributed by atoms with van der Waals surface area (Å²) in [5.41, 5.74) is 2.66. The second-order valence-electron chi connectivity index (χ2n) is 4.15. The topological polar surface area (TPSA) is 66.0 Å². The Morgan fingerprint density at radius 3 is 2.65 bits per heavy atom. The zero-order valence-corrected chi connectivity index (χ0v) is 11.7. The van der Waals surface area contributed by atoms with E-state index in [-0.39, 0.29) is 5.69 Å². The van der Waals surface area contributed by atoms with Crippen molar-refractivity contribution in [3.05, 3.63) is 52.6 Å². The molecule has 2 heterocycles. The van der Waals surface area contributed by atoms with Gasteiger partial charge in [-0.3, -0.25) is 0 Å². The summed E-state index contributed by atoms with van der Waals surface area (Å²) >= 11 is 7.36. The van der Waals surface area contributed by atoms with Gasteiger partial charge in [0.2, 0.25) is 0 Å². The van der Waals surface area contributed by atoms with Crippen LogP contribution in [0.2, 0.25) is 5.02 Å². The summed E-state index contributed by atoms with van der Waals surface area (Å²) < 4.78 is 0. The molecule has 0 unspecified atom stereocenters. The maximum absolute atomic E-state index is 10.8. The highest BCUT2D eigenvalue weighted by Crippen LogP contribution is 2.29. The van der Waals surface area contributed by atoms with Crippen LogP contribution in [0.1, 0.15) is 10.5 Å². The fraction of sp³-hybridized carbons (Fsp3) is 0. The quantitative estimate of drug-likeness (QED) is 0.763. The van der Waals surface area contributed by atoms with Crippen LogP contribution in [-0.2, 0) is 0 Å². The van der Waals surface area contributed by atoms with Crippen molar-refractivity contribution in [2.75, 3.05) is 0 Å². The number of rotatable bonds is 3. The van der Waals surface area contributed by atoms with Gasteiger partial charge >= 0.3 is 5.97 Å². The van der Waals surface area contributed by atoms with Gasteiger partial charge < -0.3 is 10.1 Å². The Bertz CT molecular complexity index is 762. The number of hydrogen-bond donors (Lipinski definition) is 2. The molecular weight excluding hydrogens is 296 g/mol. The molecule has 100 valence electrons. The van der Waals surface area contributed by atoms with Gasteiger partial charge in [-0.2, -0.15) is 0 Å². The Balaban J connectivity index is 1.93. The van der Waals surface area contributed by atoms with Gasteiger partial charge in [-0.15, -0.1) is 11.3 Å². The summed E-state index contributed by atoms with van der Waals surface area (Å²) in [6.45, 7) is 0. The number of carbonyl (C=O) groups is 1. The van der Waals surface area contributed by atoms with Crippen LogP contribution in [0.25, 0.3) is 21.8 Å². The minimum Gasteiger partial charge on any atom is -0.477 e. The smallest absolute Gasteiger partial charge is 0.352 e. The highest BCUT2D eigenvalue weighted by atomic mass is 35.5. The number of aromatic carboxylic acids is 1. The molecule has 3 aromatic rings. The van der Waals surface area contributed by atoms with E-state index in [1.807, 2.05) is 29.6 Å². The number of halogens is 1. The first-order valence-corrected chi connectivity index (χ1v) is 7.03. The van der Waals surface area contributed by atoms with Crippen molar-refractivity contribution < 1.29 is 9.90 Å². The molecule has 0 aliphatic carbocycles. The van der Waals surface area contributed by atoms with Crippen molar-refractivity contribution in [2.24, 2.45) is 0 Å². The van der Waals surface area contributed by atoms with Gasteiger partial charge in [-0.1, -0.05) is 23.7 Å². The van der Waals surface area contributed by atoms with Gasteiger partial charge in [0.15, 0.2) is 0 Å².